The molecule has 1 aromatic carbocycles. The maximum absolute atomic E-state index is 11.7. The normalized spacial score (nSPS) is 11.6. The molecule has 1 heterocycles. The van der Waals surface area contributed by atoms with Gasteiger partial charge in [0.2, 0.25) is 0 Å². The van der Waals surface area contributed by atoms with Crippen molar-refractivity contribution in [3.8, 4) is 0 Å². The molecule has 0 aliphatic heterocycles. The van der Waals surface area contributed by atoms with Crippen LogP contribution in [0.5, 0.6) is 0 Å². The first-order valence-corrected chi connectivity index (χ1v) is 6.67. The molecule has 0 bridgehead atoms. The van der Waals surface area contributed by atoms with Crippen molar-refractivity contribution in [2.45, 2.75) is 26.2 Å². The van der Waals surface area contributed by atoms with E-state index in [2.05, 4.69) is 53.4 Å². The van der Waals surface area contributed by atoms with E-state index in [1.807, 2.05) is 12.1 Å². The highest BCUT2D eigenvalue weighted by molar-refractivity contribution is 5.92. The van der Waals surface area contributed by atoms with Gasteiger partial charge in [-0.15, -0.1) is 0 Å². The van der Waals surface area contributed by atoms with Crippen LogP contribution in [0.2, 0.25) is 0 Å². The van der Waals surface area contributed by atoms with Gasteiger partial charge in [0.05, 0.1) is 12.4 Å². The molecular formula is C16H18N4O. The van der Waals surface area contributed by atoms with Gasteiger partial charge < -0.3 is 0 Å². The first-order chi connectivity index (χ1) is 9.97. The molecule has 0 aliphatic rings. The van der Waals surface area contributed by atoms with Crippen molar-refractivity contribution in [1.29, 1.82) is 0 Å². The minimum Gasteiger partial charge on any atom is -0.265 e. The summed E-state index contributed by atoms with van der Waals surface area (Å²) in [5.41, 5.74) is 4.95. The van der Waals surface area contributed by atoms with Crippen LogP contribution >= 0.6 is 0 Å². The smallest absolute Gasteiger partial charge is 0.265 e. The van der Waals surface area contributed by atoms with Gasteiger partial charge in [-0.05, 0) is 16.5 Å². The molecule has 2 aromatic rings. The van der Waals surface area contributed by atoms with Crippen molar-refractivity contribution < 1.29 is 4.79 Å². The summed E-state index contributed by atoms with van der Waals surface area (Å²) >= 11 is 0. The van der Waals surface area contributed by atoms with Crippen LogP contribution in [0.4, 0.5) is 0 Å². The van der Waals surface area contributed by atoms with Crippen LogP contribution in [0, 0.1) is 0 Å². The third kappa shape index (κ3) is 4.21. The van der Waals surface area contributed by atoms with Crippen molar-refractivity contribution >= 4 is 12.1 Å². The Kier molecular flexibility index (Phi) is 4.42. The fourth-order valence-electron chi connectivity index (χ4n) is 1.71. The second-order valence-electron chi connectivity index (χ2n) is 5.66. The molecule has 0 radical (unpaired) electrons. The summed E-state index contributed by atoms with van der Waals surface area (Å²) in [5, 5.41) is 3.92. The van der Waals surface area contributed by atoms with E-state index in [1.165, 1.54) is 24.2 Å². The average Bonchev–Trinajstić information content (AvgIpc) is 2.47. The van der Waals surface area contributed by atoms with E-state index >= 15 is 0 Å². The van der Waals surface area contributed by atoms with Crippen LogP contribution in [-0.4, -0.2) is 22.1 Å². The van der Waals surface area contributed by atoms with E-state index in [0.29, 0.717) is 0 Å². The summed E-state index contributed by atoms with van der Waals surface area (Å²) < 4.78 is 0. The number of carbonyl (C=O) groups excluding carboxylic acids is 1. The number of rotatable bonds is 3. The lowest BCUT2D eigenvalue weighted by molar-refractivity contribution is 0.0949. The molecule has 1 aromatic heterocycles. The standard InChI is InChI=1S/C16H18N4O/c1-16(2,3)13-6-4-12(5-7-13)10-19-20-15(21)14-11-17-8-9-18-14/h4-11H,1-3H3,(H,20,21)/b19-10-. The molecule has 0 atom stereocenters. The highest BCUT2D eigenvalue weighted by Gasteiger charge is 2.12. The van der Waals surface area contributed by atoms with Crippen LogP contribution in [0.25, 0.3) is 0 Å². The molecule has 0 spiro atoms. The Morgan fingerprint density at radius 2 is 1.90 bits per heavy atom. The number of hydrogen-bond donors (Lipinski definition) is 1. The van der Waals surface area contributed by atoms with Gasteiger partial charge in [-0.2, -0.15) is 5.10 Å². The number of amides is 1. The predicted octanol–water partition coefficient (Wildman–Crippen LogP) is 2.54. The molecule has 108 valence electrons. The minimum atomic E-state index is -0.384. The van der Waals surface area contributed by atoms with Crippen molar-refractivity contribution in [3.05, 3.63) is 59.7 Å². The molecule has 2 rings (SSSR count). The molecule has 0 saturated heterocycles. The largest absolute Gasteiger partial charge is 0.291 e. The monoisotopic (exact) mass is 282 g/mol. The molecule has 0 fully saturated rings. The summed E-state index contributed by atoms with van der Waals surface area (Å²) in [6, 6.07) is 8.06. The SMILES string of the molecule is CC(C)(C)c1ccc(/C=N\NC(=O)c2cnccn2)cc1. The number of carbonyl (C=O) groups is 1. The fourth-order valence-corrected chi connectivity index (χ4v) is 1.71. The van der Waals surface area contributed by atoms with Gasteiger partial charge in [-0.25, -0.2) is 10.4 Å². The molecule has 5 nitrogen and oxygen atoms in total. The molecule has 5 heteroatoms. The van der Waals surface area contributed by atoms with Crippen LogP contribution in [-0.2, 0) is 5.41 Å². The van der Waals surface area contributed by atoms with Gasteiger partial charge in [0, 0.05) is 12.4 Å². The number of hydrazone groups is 1. The van der Waals surface area contributed by atoms with Gasteiger partial charge in [0.25, 0.3) is 5.91 Å². The number of benzene rings is 1. The maximum Gasteiger partial charge on any atom is 0.291 e. The molecule has 0 aliphatic carbocycles. The number of nitrogens with one attached hydrogen (secondary N) is 1. The Bertz CT molecular complexity index is 628. The van der Waals surface area contributed by atoms with E-state index in [0.717, 1.165) is 5.56 Å². The Hall–Kier alpha value is -2.56. The van der Waals surface area contributed by atoms with E-state index in [1.54, 1.807) is 6.21 Å². The molecular weight excluding hydrogens is 264 g/mol. The topological polar surface area (TPSA) is 67.2 Å². The summed E-state index contributed by atoms with van der Waals surface area (Å²) in [6.07, 6.45) is 5.96. The van der Waals surface area contributed by atoms with Crippen molar-refractivity contribution in [2.24, 2.45) is 5.10 Å². The Labute approximate surface area is 124 Å². The van der Waals surface area contributed by atoms with Crippen molar-refractivity contribution in [3.63, 3.8) is 0 Å². The molecule has 1 amide bonds. The molecule has 0 unspecified atom stereocenters. The molecule has 21 heavy (non-hydrogen) atoms. The van der Waals surface area contributed by atoms with Gasteiger partial charge in [-0.3, -0.25) is 9.78 Å². The zero-order valence-electron chi connectivity index (χ0n) is 12.4. The van der Waals surface area contributed by atoms with E-state index < -0.39 is 0 Å². The first kappa shape index (κ1) is 14.8. The summed E-state index contributed by atoms with van der Waals surface area (Å²) in [4.78, 5) is 19.4. The number of aromatic nitrogens is 2. The second-order valence-corrected chi connectivity index (χ2v) is 5.66. The van der Waals surface area contributed by atoms with Gasteiger partial charge in [0.1, 0.15) is 5.69 Å². The lowest BCUT2D eigenvalue weighted by Crippen LogP contribution is -2.19. The van der Waals surface area contributed by atoms with Crippen LogP contribution < -0.4 is 5.43 Å². The highest BCUT2D eigenvalue weighted by atomic mass is 16.2. The first-order valence-electron chi connectivity index (χ1n) is 6.67. The molecule has 1 N–H and O–H groups in total. The van der Waals surface area contributed by atoms with Crippen LogP contribution in [0.1, 0.15) is 42.4 Å². The highest BCUT2D eigenvalue weighted by Crippen LogP contribution is 2.21. The molecule has 0 saturated carbocycles. The Morgan fingerprint density at radius 3 is 2.48 bits per heavy atom. The zero-order valence-corrected chi connectivity index (χ0v) is 12.4. The quantitative estimate of drug-likeness (QED) is 0.695. The number of hydrogen-bond acceptors (Lipinski definition) is 4. The third-order valence-corrected chi connectivity index (χ3v) is 2.95. The van der Waals surface area contributed by atoms with Gasteiger partial charge >= 0.3 is 0 Å². The second kappa shape index (κ2) is 6.26. The zero-order chi connectivity index (χ0) is 15.3. The lowest BCUT2D eigenvalue weighted by Gasteiger charge is -2.18. The van der Waals surface area contributed by atoms with Gasteiger partial charge in [0.15, 0.2) is 0 Å². The van der Waals surface area contributed by atoms with Crippen LogP contribution in [0.3, 0.4) is 0 Å². The van der Waals surface area contributed by atoms with E-state index in [9.17, 15) is 4.79 Å². The van der Waals surface area contributed by atoms with E-state index in [-0.39, 0.29) is 17.0 Å². The van der Waals surface area contributed by atoms with E-state index in [4.69, 9.17) is 0 Å². The Balaban J connectivity index is 1.97. The average molecular weight is 282 g/mol. The maximum atomic E-state index is 11.7. The third-order valence-electron chi connectivity index (χ3n) is 2.95. The van der Waals surface area contributed by atoms with Gasteiger partial charge in [-0.1, -0.05) is 45.0 Å². The number of nitrogens with zero attached hydrogens (tertiary/aromatic N) is 3. The lowest BCUT2D eigenvalue weighted by atomic mass is 9.87. The van der Waals surface area contributed by atoms with Crippen molar-refractivity contribution in [2.75, 3.05) is 0 Å². The summed E-state index contributed by atoms with van der Waals surface area (Å²) in [7, 11) is 0. The van der Waals surface area contributed by atoms with Crippen LogP contribution in [0.15, 0.2) is 48.0 Å². The minimum absolute atomic E-state index is 0.121. The predicted molar refractivity (Wildman–Crippen MR) is 82.2 cm³/mol. The fraction of sp³-hybridized carbons (Fsp3) is 0.250. The van der Waals surface area contributed by atoms with Crippen molar-refractivity contribution in [1.82, 2.24) is 15.4 Å². The summed E-state index contributed by atoms with van der Waals surface area (Å²) in [5.74, 6) is -0.384. The Morgan fingerprint density at radius 1 is 1.19 bits per heavy atom. The summed E-state index contributed by atoms with van der Waals surface area (Å²) in [6.45, 7) is 6.49.